The van der Waals surface area contributed by atoms with E-state index in [0.717, 1.165) is 56.8 Å². The molecule has 1 atom stereocenters. The Hall–Kier alpha value is -3.18. The van der Waals surface area contributed by atoms with Crippen molar-refractivity contribution < 1.29 is 9.53 Å². The average Bonchev–Trinajstić information content (AvgIpc) is 3.10. The van der Waals surface area contributed by atoms with E-state index < -0.39 is 0 Å². The largest absolute Gasteiger partial charge is 0.489 e. The highest BCUT2D eigenvalue weighted by atomic mass is 16.5. The molecule has 2 aromatic carbocycles. The predicted octanol–water partition coefficient (Wildman–Crippen LogP) is 5.35. The minimum atomic E-state index is 0.132. The number of rotatable bonds is 9. The number of para-hydroxylation sites is 1. The molecule has 2 aliphatic heterocycles. The number of carbonyl (C=O) groups excluding carboxylic acids is 1. The van der Waals surface area contributed by atoms with Crippen LogP contribution in [0.2, 0.25) is 0 Å². The van der Waals surface area contributed by atoms with Crippen molar-refractivity contribution in [1.82, 2.24) is 15.2 Å². The highest BCUT2D eigenvalue weighted by Crippen LogP contribution is 2.44. The Morgan fingerprint density at radius 2 is 1.78 bits per heavy atom. The third-order valence-electron chi connectivity index (χ3n) is 7.72. The van der Waals surface area contributed by atoms with Gasteiger partial charge in [0.25, 0.3) is 0 Å². The quantitative estimate of drug-likeness (QED) is 0.417. The molecule has 36 heavy (non-hydrogen) atoms. The minimum Gasteiger partial charge on any atom is -0.489 e. The second kappa shape index (κ2) is 12.2. The summed E-state index contributed by atoms with van der Waals surface area (Å²) in [6, 6.07) is 21.4. The van der Waals surface area contributed by atoms with Crippen LogP contribution in [0.3, 0.4) is 0 Å². The SMILES string of the molecule is O=C(CCc1cccnc1)NCCCCN1CCC(C2c3ccccc3COc3ccccc32)CC1. The van der Waals surface area contributed by atoms with Gasteiger partial charge in [-0.25, -0.2) is 0 Å². The zero-order chi connectivity index (χ0) is 24.6. The molecule has 3 aromatic rings. The lowest BCUT2D eigenvalue weighted by Gasteiger charge is -2.37. The van der Waals surface area contributed by atoms with Gasteiger partial charge in [-0.1, -0.05) is 48.5 Å². The van der Waals surface area contributed by atoms with Crippen molar-refractivity contribution in [2.45, 2.75) is 51.0 Å². The van der Waals surface area contributed by atoms with Gasteiger partial charge in [0.2, 0.25) is 5.91 Å². The standard InChI is InChI=1S/C31H37N3O2/c35-30(14-13-24-8-7-17-32-22-24)33-18-5-6-19-34-20-15-25(16-21-34)31-27-10-2-1-9-26(27)23-36-29-12-4-3-11-28(29)31/h1-4,7-12,17,22,25,31H,5-6,13-16,18-21,23H2,(H,33,35). The Labute approximate surface area is 214 Å². The number of aryl methyl sites for hydroxylation is 1. The average molecular weight is 484 g/mol. The van der Waals surface area contributed by atoms with Gasteiger partial charge in [-0.15, -0.1) is 0 Å². The number of hydrogen-bond acceptors (Lipinski definition) is 4. The molecular weight excluding hydrogens is 446 g/mol. The van der Waals surface area contributed by atoms with Crippen molar-refractivity contribution >= 4 is 5.91 Å². The second-order valence-corrected chi connectivity index (χ2v) is 10.1. The summed E-state index contributed by atoms with van der Waals surface area (Å²) in [7, 11) is 0. The summed E-state index contributed by atoms with van der Waals surface area (Å²) in [4.78, 5) is 18.8. The van der Waals surface area contributed by atoms with Crippen molar-refractivity contribution in [1.29, 1.82) is 0 Å². The Morgan fingerprint density at radius 1 is 0.972 bits per heavy atom. The van der Waals surface area contributed by atoms with Gasteiger partial charge in [-0.2, -0.15) is 0 Å². The summed E-state index contributed by atoms with van der Waals surface area (Å²) in [6.45, 7) is 4.81. The first-order valence-electron chi connectivity index (χ1n) is 13.5. The number of ether oxygens (including phenoxy) is 1. The first-order chi connectivity index (χ1) is 17.8. The Bertz CT molecular complexity index is 1080. The van der Waals surface area contributed by atoms with E-state index >= 15 is 0 Å². The summed E-state index contributed by atoms with van der Waals surface area (Å²) in [5, 5.41) is 3.08. The Balaban J connectivity index is 1.06. The van der Waals surface area contributed by atoms with Crippen LogP contribution in [-0.2, 0) is 17.8 Å². The highest BCUT2D eigenvalue weighted by molar-refractivity contribution is 5.76. The fourth-order valence-electron chi connectivity index (χ4n) is 5.76. The highest BCUT2D eigenvalue weighted by Gasteiger charge is 2.33. The van der Waals surface area contributed by atoms with Gasteiger partial charge in [0, 0.05) is 36.8 Å². The molecular formula is C31H37N3O2. The van der Waals surface area contributed by atoms with Crippen molar-refractivity contribution in [3.63, 3.8) is 0 Å². The maximum Gasteiger partial charge on any atom is 0.220 e. The minimum absolute atomic E-state index is 0.132. The van der Waals surface area contributed by atoms with E-state index in [-0.39, 0.29) is 5.91 Å². The lowest BCUT2D eigenvalue weighted by Crippen LogP contribution is -2.36. The van der Waals surface area contributed by atoms with E-state index in [0.29, 0.717) is 24.9 Å². The number of nitrogens with one attached hydrogen (secondary N) is 1. The maximum absolute atomic E-state index is 12.1. The van der Waals surface area contributed by atoms with E-state index in [9.17, 15) is 4.79 Å². The molecule has 0 saturated carbocycles. The van der Waals surface area contributed by atoms with E-state index in [4.69, 9.17) is 4.74 Å². The number of hydrogen-bond donors (Lipinski definition) is 1. The smallest absolute Gasteiger partial charge is 0.220 e. The lowest BCUT2D eigenvalue weighted by molar-refractivity contribution is -0.121. The molecule has 2 aliphatic rings. The fourth-order valence-corrected chi connectivity index (χ4v) is 5.76. The van der Waals surface area contributed by atoms with Crippen LogP contribution in [0.4, 0.5) is 0 Å². The molecule has 1 N–H and O–H groups in total. The summed E-state index contributed by atoms with van der Waals surface area (Å²) < 4.78 is 6.20. The number of benzene rings is 2. The number of likely N-dealkylation sites (tertiary alicyclic amines) is 1. The molecule has 5 heteroatoms. The van der Waals surface area contributed by atoms with Crippen LogP contribution in [0, 0.1) is 5.92 Å². The molecule has 1 amide bonds. The Morgan fingerprint density at radius 3 is 2.61 bits per heavy atom. The van der Waals surface area contributed by atoms with E-state index in [2.05, 4.69) is 63.7 Å². The lowest BCUT2D eigenvalue weighted by atomic mass is 9.75. The molecule has 0 radical (unpaired) electrons. The van der Waals surface area contributed by atoms with Gasteiger partial charge in [0.1, 0.15) is 12.4 Å². The van der Waals surface area contributed by atoms with E-state index in [1.165, 1.54) is 29.5 Å². The van der Waals surface area contributed by atoms with Crippen LogP contribution >= 0.6 is 0 Å². The molecule has 3 heterocycles. The monoisotopic (exact) mass is 483 g/mol. The fraction of sp³-hybridized carbons (Fsp3) is 0.419. The predicted molar refractivity (Wildman–Crippen MR) is 143 cm³/mol. The van der Waals surface area contributed by atoms with Crippen molar-refractivity contribution in [3.05, 3.63) is 95.3 Å². The van der Waals surface area contributed by atoms with Crippen LogP contribution in [0.1, 0.15) is 60.3 Å². The summed E-state index contributed by atoms with van der Waals surface area (Å²) in [5.41, 5.74) is 5.23. The van der Waals surface area contributed by atoms with Gasteiger partial charge < -0.3 is 15.0 Å². The van der Waals surface area contributed by atoms with Crippen LogP contribution in [0.5, 0.6) is 5.75 Å². The second-order valence-electron chi connectivity index (χ2n) is 10.1. The Kier molecular flexibility index (Phi) is 8.29. The van der Waals surface area contributed by atoms with Crippen molar-refractivity contribution in [2.75, 3.05) is 26.2 Å². The topological polar surface area (TPSA) is 54.5 Å². The number of carbonyl (C=O) groups is 1. The molecule has 0 bridgehead atoms. The summed E-state index contributed by atoms with van der Waals surface area (Å²) >= 11 is 0. The zero-order valence-electron chi connectivity index (χ0n) is 21.1. The van der Waals surface area contributed by atoms with Crippen LogP contribution in [0.15, 0.2) is 73.1 Å². The van der Waals surface area contributed by atoms with Gasteiger partial charge >= 0.3 is 0 Å². The molecule has 1 saturated heterocycles. The van der Waals surface area contributed by atoms with Gasteiger partial charge in [0.05, 0.1) is 0 Å². The molecule has 0 aliphatic carbocycles. The molecule has 1 aromatic heterocycles. The third kappa shape index (κ3) is 6.14. The first-order valence-corrected chi connectivity index (χ1v) is 13.5. The zero-order valence-corrected chi connectivity index (χ0v) is 21.1. The molecule has 1 unspecified atom stereocenters. The number of fused-ring (bicyclic) bond motifs is 2. The number of pyridine rings is 1. The van der Waals surface area contributed by atoms with Crippen LogP contribution in [0.25, 0.3) is 0 Å². The number of nitrogens with zero attached hydrogens (tertiary/aromatic N) is 2. The van der Waals surface area contributed by atoms with Crippen molar-refractivity contribution in [3.8, 4) is 5.75 Å². The normalized spacial score (nSPS) is 17.9. The summed E-state index contributed by atoms with van der Waals surface area (Å²) in [6.07, 6.45) is 9.43. The maximum atomic E-state index is 12.1. The molecule has 188 valence electrons. The van der Waals surface area contributed by atoms with Gasteiger partial charge in [0.15, 0.2) is 0 Å². The van der Waals surface area contributed by atoms with Crippen molar-refractivity contribution in [2.24, 2.45) is 5.92 Å². The van der Waals surface area contributed by atoms with Gasteiger partial charge in [-0.3, -0.25) is 9.78 Å². The number of unbranched alkanes of at least 4 members (excludes halogenated alkanes) is 1. The molecule has 0 spiro atoms. The van der Waals surface area contributed by atoms with E-state index in [1.807, 2.05) is 18.3 Å². The van der Waals surface area contributed by atoms with Gasteiger partial charge in [-0.05, 0) is 86.5 Å². The summed E-state index contributed by atoms with van der Waals surface area (Å²) in [5.74, 6) is 2.21. The van der Waals surface area contributed by atoms with Crippen LogP contribution < -0.4 is 10.1 Å². The number of piperidine rings is 1. The molecule has 1 fully saturated rings. The first kappa shape index (κ1) is 24.5. The molecule has 5 rings (SSSR count). The number of amides is 1. The van der Waals surface area contributed by atoms with Crippen LogP contribution in [-0.4, -0.2) is 42.0 Å². The van der Waals surface area contributed by atoms with E-state index in [1.54, 1.807) is 6.20 Å². The molecule has 5 nitrogen and oxygen atoms in total. The third-order valence-corrected chi connectivity index (χ3v) is 7.72. The number of aromatic nitrogens is 1.